The third kappa shape index (κ3) is 1.96. The molecule has 1 aliphatic rings. The number of rotatable bonds is 2. The van der Waals surface area contributed by atoms with Gasteiger partial charge in [0.05, 0.1) is 17.0 Å². The summed E-state index contributed by atoms with van der Waals surface area (Å²) >= 11 is 4.65. The van der Waals surface area contributed by atoms with Crippen LogP contribution in [0.15, 0.2) is 0 Å². The average molecular weight is 228 g/mol. The Bertz CT molecular complexity index is 229. The van der Waals surface area contributed by atoms with Crippen molar-refractivity contribution in [3.63, 3.8) is 0 Å². The monoisotopic (exact) mass is 228 g/mol. The van der Waals surface area contributed by atoms with Crippen molar-refractivity contribution in [2.75, 3.05) is 7.11 Å². The van der Waals surface area contributed by atoms with Gasteiger partial charge in [0.25, 0.3) is 0 Å². The van der Waals surface area contributed by atoms with E-state index in [0.717, 1.165) is 6.42 Å². The molecule has 0 bridgehead atoms. The first-order valence-electron chi connectivity index (χ1n) is 5.44. The molecule has 0 aromatic rings. The van der Waals surface area contributed by atoms with Crippen molar-refractivity contribution >= 4 is 20.5 Å². The van der Waals surface area contributed by atoms with Gasteiger partial charge in [-0.1, -0.05) is 27.7 Å². The van der Waals surface area contributed by atoms with Gasteiger partial charge in [0.1, 0.15) is 7.85 Å². The average Bonchev–Trinajstić information content (AvgIpc) is 2.37. The molecule has 4 unspecified atom stereocenters. The van der Waals surface area contributed by atoms with Crippen LogP contribution >= 0.6 is 12.6 Å². The zero-order chi connectivity index (χ0) is 11.9. The van der Waals surface area contributed by atoms with E-state index in [1.54, 1.807) is 7.11 Å². The number of methoxy groups -OCH3 is 1. The van der Waals surface area contributed by atoms with Crippen molar-refractivity contribution in [1.82, 2.24) is 0 Å². The Balaban J connectivity index is 3.04. The second-order valence-electron chi connectivity index (χ2n) is 5.22. The van der Waals surface area contributed by atoms with Gasteiger partial charge in [0.15, 0.2) is 0 Å². The zero-order valence-corrected chi connectivity index (χ0v) is 11.2. The molecule has 1 heterocycles. The molecule has 0 aromatic carbocycles. The second-order valence-corrected chi connectivity index (χ2v) is 5.78. The molecule has 1 rings (SSSR count). The van der Waals surface area contributed by atoms with Crippen LogP contribution in [0.4, 0.5) is 0 Å². The van der Waals surface area contributed by atoms with Gasteiger partial charge in [-0.3, -0.25) is 0 Å². The lowest BCUT2D eigenvalue weighted by molar-refractivity contribution is -0.0900. The maximum Gasteiger partial charge on any atom is 0.112 e. The van der Waals surface area contributed by atoms with Gasteiger partial charge < -0.3 is 9.47 Å². The topological polar surface area (TPSA) is 18.5 Å². The van der Waals surface area contributed by atoms with Crippen molar-refractivity contribution in [3.8, 4) is 0 Å². The lowest BCUT2D eigenvalue weighted by atomic mass is 9.72. The molecule has 1 fully saturated rings. The van der Waals surface area contributed by atoms with E-state index < -0.39 is 0 Å². The van der Waals surface area contributed by atoms with E-state index in [2.05, 4.69) is 40.3 Å². The lowest BCUT2D eigenvalue weighted by Crippen LogP contribution is -2.50. The lowest BCUT2D eigenvalue weighted by Gasteiger charge is -2.43. The van der Waals surface area contributed by atoms with Gasteiger partial charge in [-0.2, -0.15) is 12.6 Å². The minimum Gasteiger partial charge on any atom is -0.378 e. The second kappa shape index (κ2) is 4.30. The number of hydrogen-bond acceptors (Lipinski definition) is 3. The van der Waals surface area contributed by atoms with Crippen LogP contribution in [-0.2, 0) is 9.47 Å². The van der Waals surface area contributed by atoms with Crippen molar-refractivity contribution in [2.45, 2.75) is 57.1 Å². The predicted molar refractivity (Wildman–Crippen MR) is 66.7 cm³/mol. The number of hydrogen-bond donors (Lipinski definition) is 1. The summed E-state index contributed by atoms with van der Waals surface area (Å²) in [4.78, 5) is 0. The minimum atomic E-state index is -0.378. The molecule has 0 N–H and O–H groups in total. The molecule has 2 radical (unpaired) electrons. The van der Waals surface area contributed by atoms with Gasteiger partial charge in [0, 0.05) is 13.1 Å². The van der Waals surface area contributed by atoms with Crippen LogP contribution in [-0.4, -0.2) is 37.9 Å². The van der Waals surface area contributed by atoms with E-state index in [9.17, 15) is 0 Å². The van der Waals surface area contributed by atoms with E-state index in [4.69, 9.17) is 17.3 Å². The molecular weight excluding hydrogens is 207 g/mol. The summed E-state index contributed by atoms with van der Waals surface area (Å²) in [5.41, 5.74) is -0.310. The quantitative estimate of drug-likeness (QED) is 0.575. The Kier molecular flexibility index (Phi) is 3.85. The maximum atomic E-state index is 5.95. The largest absolute Gasteiger partial charge is 0.378 e. The molecule has 0 amide bonds. The maximum absolute atomic E-state index is 5.95. The molecule has 0 aromatic heterocycles. The normalized spacial score (nSPS) is 42.1. The molecule has 0 aliphatic carbocycles. The van der Waals surface area contributed by atoms with E-state index >= 15 is 0 Å². The fourth-order valence-corrected chi connectivity index (χ4v) is 3.45. The first kappa shape index (κ1) is 13.4. The van der Waals surface area contributed by atoms with E-state index in [1.807, 2.05) is 0 Å². The summed E-state index contributed by atoms with van der Waals surface area (Å²) in [6, 6.07) is -0.378. The van der Waals surface area contributed by atoms with Crippen LogP contribution in [0.5, 0.6) is 0 Å². The Morgan fingerprint density at radius 3 is 2.20 bits per heavy atom. The Labute approximate surface area is 99.9 Å². The number of thiol groups is 1. The van der Waals surface area contributed by atoms with Gasteiger partial charge in [-0.15, -0.1) is 0 Å². The first-order valence-corrected chi connectivity index (χ1v) is 5.96. The molecule has 4 heteroatoms. The summed E-state index contributed by atoms with van der Waals surface area (Å²) in [5, 5.41) is 0.0162. The van der Waals surface area contributed by atoms with Crippen LogP contribution in [0.1, 0.15) is 34.1 Å². The summed E-state index contributed by atoms with van der Waals surface area (Å²) < 4.78 is 11.3. The van der Waals surface area contributed by atoms with Crippen LogP contribution < -0.4 is 0 Å². The van der Waals surface area contributed by atoms with E-state index in [0.29, 0.717) is 0 Å². The smallest absolute Gasteiger partial charge is 0.112 e. The summed E-state index contributed by atoms with van der Waals surface area (Å²) in [6.45, 7) is 8.58. The van der Waals surface area contributed by atoms with Crippen molar-refractivity contribution in [3.05, 3.63) is 0 Å². The fraction of sp³-hybridized carbons (Fsp3) is 1.00. The molecule has 15 heavy (non-hydrogen) atoms. The van der Waals surface area contributed by atoms with Gasteiger partial charge in [-0.25, -0.2) is 0 Å². The molecule has 2 nitrogen and oxygen atoms in total. The fourth-order valence-electron chi connectivity index (χ4n) is 2.53. The van der Waals surface area contributed by atoms with Crippen LogP contribution in [0, 0.1) is 5.41 Å². The van der Waals surface area contributed by atoms with Crippen molar-refractivity contribution < 1.29 is 9.47 Å². The van der Waals surface area contributed by atoms with Crippen molar-refractivity contribution in [2.24, 2.45) is 5.41 Å². The minimum absolute atomic E-state index is 0.000926. The molecule has 0 saturated carbocycles. The van der Waals surface area contributed by atoms with Gasteiger partial charge in [-0.05, 0) is 11.8 Å². The van der Waals surface area contributed by atoms with E-state index in [-0.39, 0.29) is 28.4 Å². The van der Waals surface area contributed by atoms with Gasteiger partial charge >= 0.3 is 0 Å². The van der Waals surface area contributed by atoms with E-state index in [1.165, 1.54) is 0 Å². The van der Waals surface area contributed by atoms with Crippen LogP contribution in [0.2, 0.25) is 0 Å². The molecule has 0 spiro atoms. The highest BCUT2D eigenvalue weighted by Crippen LogP contribution is 2.48. The third-order valence-corrected chi connectivity index (χ3v) is 4.24. The summed E-state index contributed by atoms with van der Waals surface area (Å²) in [5.74, 6) is 0. The molecule has 1 saturated heterocycles. The molecule has 86 valence electrons. The predicted octanol–water partition coefficient (Wildman–Crippen LogP) is 2.02. The SMILES string of the molecule is [B]C1OC(CC)(C(C)(C)C)C(S)C1OC. The highest BCUT2D eigenvalue weighted by molar-refractivity contribution is 7.81. The highest BCUT2D eigenvalue weighted by Gasteiger charge is 2.56. The zero-order valence-electron chi connectivity index (χ0n) is 10.3. The standard InChI is InChI=1S/C11H21BO2S/c1-6-11(10(2,3)4)8(15)7(13-5)9(12)14-11/h7-9,15H,6H2,1-5H3. The molecular formula is C11H21BO2S. The number of ether oxygens (including phenoxy) is 2. The first-order chi connectivity index (χ1) is 6.80. The van der Waals surface area contributed by atoms with Crippen molar-refractivity contribution in [1.29, 1.82) is 0 Å². The third-order valence-electron chi connectivity index (χ3n) is 3.53. The Morgan fingerprint density at radius 2 is 2.00 bits per heavy atom. The van der Waals surface area contributed by atoms with Crippen LogP contribution in [0.3, 0.4) is 0 Å². The Hall–Kier alpha value is 0.335. The molecule has 4 atom stereocenters. The Morgan fingerprint density at radius 1 is 1.47 bits per heavy atom. The molecule has 1 aliphatic heterocycles. The summed E-state index contributed by atoms with van der Waals surface area (Å²) in [6.07, 6.45) is 0.755. The summed E-state index contributed by atoms with van der Waals surface area (Å²) in [7, 11) is 7.59. The van der Waals surface area contributed by atoms with Crippen LogP contribution in [0.25, 0.3) is 0 Å². The highest BCUT2D eigenvalue weighted by atomic mass is 32.1. The van der Waals surface area contributed by atoms with Gasteiger partial charge in [0.2, 0.25) is 0 Å².